The number of fused-ring (bicyclic) bond motifs is 1. The van der Waals surface area contributed by atoms with Crippen LogP contribution in [-0.4, -0.2) is 52.9 Å². The maximum Gasteiger partial charge on any atom is 0.410 e. The molecule has 0 aliphatic carbocycles. The minimum Gasteiger partial charge on any atom is -0.489 e. The minimum atomic E-state index is -3.56. The summed E-state index contributed by atoms with van der Waals surface area (Å²) in [5.41, 5.74) is 2.48. The highest BCUT2D eigenvalue weighted by Crippen LogP contribution is 2.36. The Hall–Kier alpha value is -3.57. The van der Waals surface area contributed by atoms with Crippen molar-refractivity contribution in [3.05, 3.63) is 58.7 Å². The SMILES string of the molecule is CC(C)Oc1cc2c(cc1Nc1ncc(Cl)c(Nc3ccccc3S(=O)(=O)C(C)C)n1)CCN(C(=O)OC(C)(C)C)C2. The van der Waals surface area contributed by atoms with Gasteiger partial charge in [0.2, 0.25) is 5.95 Å². The lowest BCUT2D eigenvalue weighted by Crippen LogP contribution is -2.39. The molecule has 0 atom stereocenters. The number of anilines is 4. The first kappa shape index (κ1) is 31.4. The number of hydrogen-bond acceptors (Lipinski definition) is 9. The predicted molar refractivity (Wildman–Crippen MR) is 165 cm³/mol. The van der Waals surface area contributed by atoms with Crippen molar-refractivity contribution < 1.29 is 22.7 Å². The van der Waals surface area contributed by atoms with Crippen LogP contribution >= 0.6 is 11.6 Å². The monoisotopic (exact) mass is 615 g/mol. The van der Waals surface area contributed by atoms with E-state index in [2.05, 4.69) is 20.6 Å². The first-order valence-electron chi connectivity index (χ1n) is 13.8. The number of carbonyl (C=O) groups is 1. The number of halogens is 1. The van der Waals surface area contributed by atoms with Crippen LogP contribution in [0.5, 0.6) is 5.75 Å². The highest BCUT2D eigenvalue weighted by molar-refractivity contribution is 7.92. The second-order valence-electron chi connectivity index (χ2n) is 11.7. The summed E-state index contributed by atoms with van der Waals surface area (Å²) < 4.78 is 37.6. The standard InChI is InChI=1S/C30H38ClN5O5S/c1-18(2)40-25-15-21-17-36(29(37)41-30(5,6)7)13-12-20(21)14-24(25)34-28-32-16-22(31)27(35-28)33-23-10-8-9-11-26(23)42(38,39)19(3)4/h8-11,14-16,18-19H,12-13,17H2,1-7H3,(H2,32,33,34,35). The Labute approximate surface area is 252 Å². The van der Waals surface area contributed by atoms with Crippen molar-refractivity contribution >= 4 is 50.7 Å². The van der Waals surface area contributed by atoms with E-state index in [0.717, 1.165) is 11.1 Å². The first-order valence-corrected chi connectivity index (χ1v) is 15.8. The topological polar surface area (TPSA) is 123 Å². The van der Waals surface area contributed by atoms with Gasteiger partial charge in [-0.1, -0.05) is 23.7 Å². The van der Waals surface area contributed by atoms with Gasteiger partial charge in [0.25, 0.3) is 0 Å². The Morgan fingerprint density at radius 3 is 2.43 bits per heavy atom. The molecule has 1 aromatic heterocycles. The number of nitrogens with one attached hydrogen (secondary N) is 2. The van der Waals surface area contributed by atoms with Crippen LogP contribution < -0.4 is 15.4 Å². The molecule has 0 spiro atoms. The van der Waals surface area contributed by atoms with Gasteiger partial charge in [0, 0.05) is 13.1 Å². The van der Waals surface area contributed by atoms with Gasteiger partial charge in [-0.3, -0.25) is 0 Å². The summed E-state index contributed by atoms with van der Waals surface area (Å²) in [6, 6.07) is 10.5. The van der Waals surface area contributed by atoms with Gasteiger partial charge in [-0.25, -0.2) is 18.2 Å². The Bertz CT molecular complexity index is 1570. The second kappa shape index (κ2) is 12.3. The maximum atomic E-state index is 12.9. The van der Waals surface area contributed by atoms with Crippen molar-refractivity contribution in [1.82, 2.24) is 14.9 Å². The highest BCUT2D eigenvalue weighted by Gasteiger charge is 2.27. The molecule has 0 radical (unpaired) electrons. The summed E-state index contributed by atoms with van der Waals surface area (Å²) in [4.78, 5) is 23.4. The van der Waals surface area contributed by atoms with E-state index in [4.69, 9.17) is 21.1 Å². The Kier molecular flexibility index (Phi) is 9.22. The number of hydrogen-bond donors (Lipinski definition) is 2. The lowest BCUT2D eigenvalue weighted by Gasteiger charge is -2.32. The molecule has 0 bridgehead atoms. The third kappa shape index (κ3) is 7.43. The molecule has 3 aromatic rings. The lowest BCUT2D eigenvalue weighted by molar-refractivity contribution is 0.0223. The molecule has 2 heterocycles. The zero-order chi connectivity index (χ0) is 30.8. The van der Waals surface area contributed by atoms with E-state index in [9.17, 15) is 13.2 Å². The van der Waals surface area contributed by atoms with E-state index in [-0.39, 0.29) is 33.9 Å². The number of rotatable bonds is 8. The summed E-state index contributed by atoms with van der Waals surface area (Å²) in [6.07, 6.45) is 1.62. The highest BCUT2D eigenvalue weighted by atomic mass is 35.5. The van der Waals surface area contributed by atoms with Gasteiger partial charge in [-0.2, -0.15) is 4.98 Å². The van der Waals surface area contributed by atoms with Crippen LogP contribution in [0.3, 0.4) is 0 Å². The third-order valence-corrected chi connectivity index (χ3v) is 8.87. The number of benzene rings is 2. The largest absolute Gasteiger partial charge is 0.489 e. The van der Waals surface area contributed by atoms with Gasteiger partial charge in [-0.05, 0) is 90.3 Å². The number of aromatic nitrogens is 2. The van der Waals surface area contributed by atoms with E-state index >= 15 is 0 Å². The Morgan fingerprint density at radius 2 is 1.76 bits per heavy atom. The number of ether oxygens (including phenoxy) is 2. The summed E-state index contributed by atoms with van der Waals surface area (Å²) in [6.45, 7) is 13.6. The number of para-hydroxylation sites is 1. The molecule has 0 saturated carbocycles. The van der Waals surface area contributed by atoms with E-state index in [1.807, 2.05) is 46.8 Å². The Morgan fingerprint density at radius 1 is 1.05 bits per heavy atom. The molecule has 0 saturated heterocycles. The van der Waals surface area contributed by atoms with Crippen LogP contribution in [0.4, 0.5) is 27.9 Å². The van der Waals surface area contributed by atoms with Crippen LogP contribution in [0.2, 0.25) is 5.02 Å². The van der Waals surface area contributed by atoms with Crippen LogP contribution in [0, 0.1) is 0 Å². The zero-order valence-electron chi connectivity index (χ0n) is 25.0. The maximum absolute atomic E-state index is 12.9. The van der Waals surface area contributed by atoms with E-state index in [1.54, 1.807) is 43.0 Å². The summed E-state index contributed by atoms with van der Waals surface area (Å²) in [7, 11) is -3.56. The molecule has 10 nitrogen and oxygen atoms in total. The molecule has 226 valence electrons. The molecule has 0 fully saturated rings. The molecule has 1 amide bonds. The van der Waals surface area contributed by atoms with Gasteiger partial charge in [0.05, 0.1) is 33.8 Å². The van der Waals surface area contributed by atoms with E-state index in [0.29, 0.717) is 36.6 Å². The van der Waals surface area contributed by atoms with E-state index < -0.39 is 20.7 Å². The molecular formula is C30H38ClN5O5S. The predicted octanol–water partition coefficient (Wildman–Crippen LogP) is 6.88. The number of sulfone groups is 1. The fourth-order valence-electron chi connectivity index (χ4n) is 4.35. The zero-order valence-corrected chi connectivity index (χ0v) is 26.6. The molecule has 0 unspecified atom stereocenters. The lowest BCUT2D eigenvalue weighted by atomic mass is 9.98. The average molecular weight is 616 g/mol. The Balaban J connectivity index is 1.63. The third-order valence-electron chi connectivity index (χ3n) is 6.39. The smallest absolute Gasteiger partial charge is 0.410 e. The molecule has 42 heavy (non-hydrogen) atoms. The van der Waals surface area contributed by atoms with Gasteiger partial charge in [0.1, 0.15) is 16.4 Å². The van der Waals surface area contributed by atoms with Gasteiger partial charge < -0.3 is 25.0 Å². The summed E-state index contributed by atoms with van der Waals surface area (Å²) >= 11 is 6.42. The first-order chi connectivity index (χ1) is 19.6. The fourth-order valence-corrected chi connectivity index (χ4v) is 5.69. The van der Waals surface area contributed by atoms with Crippen molar-refractivity contribution in [2.24, 2.45) is 0 Å². The van der Waals surface area contributed by atoms with Crippen molar-refractivity contribution in [3.63, 3.8) is 0 Å². The molecule has 1 aliphatic rings. The second-order valence-corrected chi connectivity index (χ2v) is 14.5. The van der Waals surface area contributed by atoms with Crippen LogP contribution in [0.1, 0.15) is 59.6 Å². The quantitative estimate of drug-likeness (QED) is 0.279. The van der Waals surface area contributed by atoms with Crippen LogP contribution in [0.15, 0.2) is 47.5 Å². The molecule has 4 rings (SSSR count). The van der Waals surface area contributed by atoms with Gasteiger partial charge in [-0.15, -0.1) is 0 Å². The van der Waals surface area contributed by atoms with Gasteiger partial charge in [0.15, 0.2) is 15.7 Å². The van der Waals surface area contributed by atoms with Crippen LogP contribution in [-0.2, 0) is 27.5 Å². The average Bonchev–Trinajstić information content (AvgIpc) is 2.89. The molecule has 12 heteroatoms. The minimum absolute atomic E-state index is 0.114. The number of nitrogens with zero attached hydrogens (tertiary/aromatic N) is 3. The van der Waals surface area contributed by atoms with Crippen LogP contribution in [0.25, 0.3) is 0 Å². The molecule has 2 aromatic carbocycles. The van der Waals surface area contributed by atoms with Gasteiger partial charge >= 0.3 is 6.09 Å². The molecular weight excluding hydrogens is 578 g/mol. The molecule has 1 aliphatic heterocycles. The molecule has 2 N–H and O–H groups in total. The fraction of sp³-hybridized carbons (Fsp3) is 0.433. The van der Waals surface area contributed by atoms with E-state index in [1.165, 1.54) is 6.20 Å². The van der Waals surface area contributed by atoms with Crippen molar-refractivity contribution in [3.8, 4) is 5.75 Å². The number of carbonyl (C=O) groups excluding carboxylic acids is 1. The normalized spacial score (nSPS) is 13.6. The summed E-state index contributed by atoms with van der Waals surface area (Å²) in [5.74, 6) is 1.07. The van der Waals surface area contributed by atoms with Crippen molar-refractivity contribution in [2.75, 3.05) is 17.2 Å². The van der Waals surface area contributed by atoms with Crippen molar-refractivity contribution in [1.29, 1.82) is 0 Å². The summed E-state index contributed by atoms with van der Waals surface area (Å²) in [5, 5.41) is 5.94. The number of amides is 1. The van der Waals surface area contributed by atoms with Crippen molar-refractivity contribution in [2.45, 2.75) is 83.3 Å².